The van der Waals surface area contributed by atoms with E-state index in [0.717, 1.165) is 11.8 Å². The second-order valence-corrected chi connectivity index (χ2v) is 6.26. The van der Waals surface area contributed by atoms with Gasteiger partial charge in [-0.05, 0) is 29.1 Å². The first-order valence-corrected chi connectivity index (χ1v) is 6.75. The molecule has 13 heavy (non-hydrogen) atoms. The summed E-state index contributed by atoms with van der Waals surface area (Å²) in [7, 11) is 0. The van der Waals surface area contributed by atoms with Crippen LogP contribution in [0.25, 0.3) is 0 Å². The van der Waals surface area contributed by atoms with Crippen molar-refractivity contribution in [1.29, 1.82) is 0 Å². The van der Waals surface area contributed by atoms with Crippen molar-refractivity contribution >= 4 is 15.9 Å². The van der Waals surface area contributed by atoms with Gasteiger partial charge < -0.3 is 0 Å². The summed E-state index contributed by atoms with van der Waals surface area (Å²) < 4.78 is 0. The van der Waals surface area contributed by atoms with Crippen molar-refractivity contribution in [3.63, 3.8) is 0 Å². The van der Waals surface area contributed by atoms with E-state index >= 15 is 0 Å². The molecule has 0 aromatic rings. The summed E-state index contributed by atoms with van der Waals surface area (Å²) in [5, 5.41) is 1.21. The molecule has 1 spiro atoms. The number of hydrogen-bond acceptors (Lipinski definition) is 0. The molecule has 3 unspecified atom stereocenters. The highest BCUT2D eigenvalue weighted by molar-refractivity contribution is 9.09. The third kappa shape index (κ3) is 1.09. The average Bonchev–Trinajstić information content (AvgIpc) is 2.55. The monoisotopic (exact) mass is 244 g/mol. The number of rotatable bonds is 1. The second-order valence-electron chi connectivity index (χ2n) is 5.62. The lowest BCUT2D eigenvalue weighted by atomic mass is 9.73. The van der Waals surface area contributed by atoms with Crippen LogP contribution in [0.15, 0.2) is 0 Å². The van der Waals surface area contributed by atoms with Crippen molar-refractivity contribution in [1.82, 2.24) is 0 Å². The average molecular weight is 245 g/mol. The summed E-state index contributed by atoms with van der Waals surface area (Å²) in [5.41, 5.74) is 1.31. The van der Waals surface area contributed by atoms with Crippen LogP contribution in [0.2, 0.25) is 0 Å². The van der Waals surface area contributed by atoms with Crippen LogP contribution >= 0.6 is 15.9 Å². The van der Waals surface area contributed by atoms with Crippen molar-refractivity contribution in [3.05, 3.63) is 0 Å². The minimum absolute atomic E-state index is 0.607. The van der Waals surface area contributed by atoms with E-state index < -0.39 is 0 Å². The van der Waals surface area contributed by atoms with Gasteiger partial charge in [-0.25, -0.2) is 0 Å². The van der Waals surface area contributed by atoms with Crippen molar-refractivity contribution in [2.45, 2.75) is 46.5 Å². The van der Waals surface area contributed by atoms with E-state index in [2.05, 4.69) is 36.7 Å². The zero-order chi connectivity index (χ0) is 9.69. The molecule has 2 aliphatic carbocycles. The van der Waals surface area contributed by atoms with Gasteiger partial charge in [0.1, 0.15) is 0 Å². The van der Waals surface area contributed by atoms with Crippen LogP contribution in [0, 0.1) is 22.7 Å². The van der Waals surface area contributed by atoms with Gasteiger partial charge in [0.2, 0.25) is 0 Å². The first-order valence-electron chi connectivity index (χ1n) is 5.63. The maximum atomic E-state index is 3.69. The van der Waals surface area contributed by atoms with Crippen LogP contribution < -0.4 is 0 Å². The number of halogens is 1. The lowest BCUT2D eigenvalue weighted by molar-refractivity contribution is 0.176. The number of hydrogen-bond donors (Lipinski definition) is 0. The molecule has 1 heteroatoms. The molecule has 0 aromatic heterocycles. The zero-order valence-corrected chi connectivity index (χ0v) is 10.7. The highest BCUT2D eigenvalue weighted by atomic mass is 79.9. The van der Waals surface area contributed by atoms with E-state index in [1.54, 1.807) is 0 Å². The fourth-order valence-corrected chi connectivity index (χ4v) is 5.57. The quantitative estimate of drug-likeness (QED) is 0.606. The Kier molecular flexibility index (Phi) is 2.30. The summed E-state index contributed by atoms with van der Waals surface area (Å²) in [6, 6.07) is 0. The molecular weight excluding hydrogens is 224 g/mol. The van der Waals surface area contributed by atoms with Crippen molar-refractivity contribution < 1.29 is 0 Å². The molecule has 3 atom stereocenters. The molecule has 0 aromatic carbocycles. The smallest absolute Gasteiger partial charge is 0.00705 e. The summed E-state index contributed by atoms with van der Waals surface area (Å²) in [4.78, 5) is 0. The van der Waals surface area contributed by atoms with Gasteiger partial charge in [0.15, 0.2) is 0 Å². The molecule has 2 fully saturated rings. The summed E-state index contributed by atoms with van der Waals surface area (Å²) in [5.74, 6) is 1.90. The van der Waals surface area contributed by atoms with Gasteiger partial charge in [-0.2, -0.15) is 0 Å². The van der Waals surface area contributed by atoms with Crippen molar-refractivity contribution in [2.24, 2.45) is 22.7 Å². The van der Waals surface area contributed by atoms with Crippen molar-refractivity contribution in [2.75, 3.05) is 5.33 Å². The van der Waals surface area contributed by atoms with Crippen molar-refractivity contribution in [3.8, 4) is 0 Å². The van der Waals surface area contributed by atoms with Crippen LogP contribution in [-0.4, -0.2) is 5.33 Å². The summed E-state index contributed by atoms with van der Waals surface area (Å²) in [6.07, 6.45) is 5.88. The molecule has 76 valence electrons. The number of alkyl halides is 1. The van der Waals surface area contributed by atoms with Crippen LogP contribution in [0.4, 0.5) is 0 Å². The third-order valence-electron chi connectivity index (χ3n) is 5.12. The normalized spacial score (nSPS) is 48.0. The third-order valence-corrected chi connectivity index (χ3v) is 5.77. The molecule has 0 amide bonds. The maximum Gasteiger partial charge on any atom is 0.00705 e. The zero-order valence-electron chi connectivity index (χ0n) is 9.07. The van der Waals surface area contributed by atoms with Crippen LogP contribution in [0.3, 0.4) is 0 Å². The van der Waals surface area contributed by atoms with E-state index in [1.807, 2.05) is 0 Å². The topological polar surface area (TPSA) is 0 Å². The summed E-state index contributed by atoms with van der Waals surface area (Å²) in [6.45, 7) is 7.42. The predicted octanol–water partition coefficient (Wildman–Crippen LogP) is 4.23. The Balaban J connectivity index is 2.21. The van der Waals surface area contributed by atoms with Crippen LogP contribution in [0.1, 0.15) is 46.5 Å². The van der Waals surface area contributed by atoms with E-state index in [-0.39, 0.29) is 0 Å². The highest BCUT2D eigenvalue weighted by Gasteiger charge is 2.71. The Morgan fingerprint density at radius 3 is 2.46 bits per heavy atom. The Morgan fingerprint density at radius 2 is 2.00 bits per heavy atom. The van der Waals surface area contributed by atoms with E-state index in [4.69, 9.17) is 0 Å². The maximum absolute atomic E-state index is 3.69. The molecule has 0 saturated heterocycles. The van der Waals surface area contributed by atoms with Gasteiger partial charge in [-0.1, -0.05) is 56.0 Å². The molecule has 2 aliphatic rings. The Labute approximate surface area is 90.6 Å². The molecule has 2 rings (SSSR count). The molecule has 0 bridgehead atoms. The van der Waals surface area contributed by atoms with Gasteiger partial charge in [-0.3, -0.25) is 0 Å². The molecule has 2 saturated carbocycles. The van der Waals surface area contributed by atoms with Gasteiger partial charge in [0.05, 0.1) is 0 Å². The lowest BCUT2D eigenvalue weighted by Crippen LogP contribution is -2.23. The van der Waals surface area contributed by atoms with Gasteiger partial charge >= 0.3 is 0 Å². The van der Waals surface area contributed by atoms with Gasteiger partial charge in [0, 0.05) is 5.33 Å². The molecular formula is C12H21Br. The Bertz CT molecular complexity index is 209. The molecule has 0 N–H and O–H groups in total. The largest absolute Gasteiger partial charge is 0.0925 e. The minimum atomic E-state index is 0.607. The molecule has 0 aliphatic heterocycles. The van der Waals surface area contributed by atoms with Gasteiger partial charge in [-0.15, -0.1) is 0 Å². The van der Waals surface area contributed by atoms with E-state index in [1.165, 1.54) is 31.0 Å². The van der Waals surface area contributed by atoms with Gasteiger partial charge in [0.25, 0.3) is 0 Å². The van der Waals surface area contributed by atoms with Crippen LogP contribution in [0.5, 0.6) is 0 Å². The minimum Gasteiger partial charge on any atom is -0.0925 e. The molecule has 0 radical (unpaired) electrons. The molecule has 0 heterocycles. The van der Waals surface area contributed by atoms with E-state index in [0.29, 0.717) is 10.8 Å². The lowest BCUT2D eigenvalue weighted by Gasteiger charge is -2.32. The standard InChI is InChI=1S/C12H21Br/c1-9-6-4-5-7-12(9)10(8-13)11(12,2)3/h9-10H,4-8H2,1-3H3. The van der Waals surface area contributed by atoms with Crippen LogP contribution in [-0.2, 0) is 0 Å². The summed E-state index contributed by atoms with van der Waals surface area (Å²) >= 11 is 3.69. The first-order chi connectivity index (χ1) is 6.07. The Morgan fingerprint density at radius 1 is 1.31 bits per heavy atom. The second kappa shape index (κ2) is 2.98. The van der Waals surface area contributed by atoms with E-state index in [9.17, 15) is 0 Å². The highest BCUT2D eigenvalue weighted by Crippen LogP contribution is 2.76. The fraction of sp³-hybridized carbons (Fsp3) is 1.00. The first kappa shape index (κ1) is 10.0. The predicted molar refractivity (Wildman–Crippen MR) is 61.1 cm³/mol. The molecule has 0 nitrogen and oxygen atoms in total. The Hall–Kier alpha value is 0.480. The fourth-order valence-electron chi connectivity index (χ4n) is 4.18. The SMILES string of the molecule is CC1CCCCC12C(CBr)C2(C)C.